The molecule has 0 aliphatic carbocycles. The lowest BCUT2D eigenvalue weighted by Crippen LogP contribution is -2.15. The number of rotatable bonds is 6. The van der Waals surface area contributed by atoms with Crippen molar-refractivity contribution in [2.75, 3.05) is 17.2 Å². The molecular formula is C22H22N4O3. The van der Waals surface area contributed by atoms with Crippen LogP contribution < -0.4 is 10.6 Å². The average molecular weight is 390 g/mol. The number of ether oxygens (including phenoxy) is 1. The zero-order valence-electron chi connectivity index (χ0n) is 16.5. The molecule has 7 nitrogen and oxygen atoms in total. The van der Waals surface area contributed by atoms with E-state index in [2.05, 4.69) is 20.6 Å². The number of hydrogen-bond donors (Lipinski definition) is 2. The minimum atomic E-state index is -0.432. The molecule has 0 atom stereocenters. The highest BCUT2D eigenvalue weighted by Crippen LogP contribution is 2.21. The third-order valence-corrected chi connectivity index (χ3v) is 4.03. The van der Waals surface area contributed by atoms with Crippen LogP contribution in [0.5, 0.6) is 0 Å². The maximum Gasteiger partial charge on any atom is 0.340 e. The van der Waals surface area contributed by atoms with Gasteiger partial charge in [0, 0.05) is 11.8 Å². The van der Waals surface area contributed by atoms with Crippen molar-refractivity contribution in [3.05, 3.63) is 77.2 Å². The summed E-state index contributed by atoms with van der Waals surface area (Å²) in [6, 6.07) is 16.0. The van der Waals surface area contributed by atoms with Gasteiger partial charge in [0.1, 0.15) is 17.3 Å². The second kappa shape index (κ2) is 8.97. The molecule has 1 heterocycles. The number of nitrogens with one attached hydrogen (secondary N) is 2. The van der Waals surface area contributed by atoms with Gasteiger partial charge in [0.05, 0.1) is 17.9 Å². The van der Waals surface area contributed by atoms with Gasteiger partial charge in [-0.1, -0.05) is 24.3 Å². The molecule has 0 aliphatic rings. The number of para-hydroxylation sites is 1. The third kappa shape index (κ3) is 5.16. The van der Waals surface area contributed by atoms with Crippen molar-refractivity contribution in [3.8, 4) is 0 Å². The van der Waals surface area contributed by atoms with Gasteiger partial charge in [0.15, 0.2) is 0 Å². The van der Waals surface area contributed by atoms with Crippen LogP contribution >= 0.6 is 0 Å². The highest BCUT2D eigenvalue weighted by atomic mass is 16.5. The van der Waals surface area contributed by atoms with E-state index in [1.165, 1.54) is 0 Å². The Morgan fingerprint density at radius 3 is 2.55 bits per heavy atom. The van der Waals surface area contributed by atoms with Gasteiger partial charge < -0.3 is 15.4 Å². The molecule has 7 heteroatoms. The third-order valence-electron chi connectivity index (χ3n) is 4.03. The lowest BCUT2D eigenvalue weighted by molar-refractivity contribution is 0.0527. The number of carbonyl (C=O) groups excluding carboxylic acids is 2. The maximum atomic E-state index is 12.6. The Kier molecular flexibility index (Phi) is 6.19. The maximum absolute atomic E-state index is 12.6. The summed E-state index contributed by atoms with van der Waals surface area (Å²) in [5.74, 6) is 0.0586. The first-order chi connectivity index (χ1) is 14.0. The molecule has 0 radical (unpaired) electrons. The number of aromatic nitrogens is 2. The average Bonchev–Trinajstić information content (AvgIpc) is 2.68. The second-order valence-electron chi connectivity index (χ2n) is 6.40. The molecule has 3 rings (SSSR count). The zero-order valence-corrected chi connectivity index (χ0v) is 16.5. The van der Waals surface area contributed by atoms with Crippen LogP contribution in [0.15, 0.2) is 54.6 Å². The number of hydrogen-bond acceptors (Lipinski definition) is 6. The van der Waals surface area contributed by atoms with Crippen LogP contribution in [0.4, 0.5) is 17.2 Å². The van der Waals surface area contributed by atoms with Crippen LogP contribution in [0.3, 0.4) is 0 Å². The molecule has 3 aromatic rings. The predicted molar refractivity (Wildman–Crippen MR) is 112 cm³/mol. The molecule has 0 spiro atoms. The minimum Gasteiger partial charge on any atom is -0.462 e. The van der Waals surface area contributed by atoms with Gasteiger partial charge in [0.25, 0.3) is 5.91 Å². The van der Waals surface area contributed by atoms with Gasteiger partial charge in [-0.15, -0.1) is 0 Å². The molecular weight excluding hydrogens is 368 g/mol. The lowest BCUT2D eigenvalue weighted by atomic mass is 10.1. The Morgan fingerprint density at radius 2 is 1.79 bits per heavy atom. The molecule has 2 aromatic carbocycles. The van der Waals surface area contributed by atoms with Crippen molar-refractivity contribution >= 4 is 29.1 Å². The van der Waals surface area contributed by atoms with E-state index in [1.54, 1.807) is 44.2 Å². The van der Waals surface area contributed by atoms with Gasteiger partial charge in [-0.2, -0.15) is 0 Å². The van der Waals surface area contributed by atoms with Gasteiger partial charge in [-0.05, 0) is 50.6 Å². The molecule has 0 aliphatic heterocycles. The molecule has 148 valence electrons. The monoisotopic (exact) mass is 390 g/mol. The smallest absolute Gasteiger partial charge is 0.340 e. The van der Waals surface area contributed by atoms with Crippen molar-refractivity contribution in [1.82, 2.24) is 9.97 Å². The molecule has 0 unspecified atom stereocenters. The summed E-state index contributed by atoms with van der Waals surface area (Å²) in [7, 11) is 0. The number of carbonyl (C=O) groups is 2. The Balaban J connectivity index is 1.85. The van der Waals surface area contributed by atoms with E-state index in [0.717, 1.165) is 5.56 Å². The first-order valence-corrected chi connectivity index (χ1v) is 9.23. The van der Waals surface area contributed by atoms with Crippen LogP contribution in [-0.4, -0.2) is 28.5 Å². The summed E-state index contributed by atoms with van der Waals surface area (Å²) < 4.78 is 5.09. The molecule has 0 saturated carbocycles. The highest BCUT2D eigenvalue weighted by molar-refractivity contribution is 6.03. The van der Waals surface area contributed by atoms with Crippen molar-refractivity contribution < 1.29 is 14.3 Å². The largest absolute Gasteiger partial charge is 0.462 e. The number of esters is 1. The zero-order chi connectivity index (χ0) is 20.8. The van der Waals surface area contributed by atoms with Gasteiger partial charge in [-0.25, -0.2) is 14.8 Å². The first kappa shape index (κ1) is 20.0. The van der Waals surface area contributed by atoms with E-state index in [9.17, 15) is 9.59 Å². The Morgan fingerprint density at radius 1 is 1.00 bits per heavy atom. The van der Waals surface area contributed by atoms with E-state index in [4.69, 9.17) is 4.74 Å². The van der Waals surface area contributed by atoms with Crippen LogP contribution in [0.2, 0.25) is 0 Å². The standard InChI is InChI=1S/C22H22N4O3/c1-4-29-22(28)17-10-5-6-11-18(17)26-20-13-19(23-15(3)24-20)21(27)25-16-9-7-8-14(2)12-16/h5-13H,4H2,1-3H3,(H,25,27)(H,23,24,26). The molecule has 0 saturated heterocycles. The van der Waals surface area contributed by atoms with Crippen LogP contribution in [0.1, 0.15) is 39.2 Å². The second-order valence-corrected chi connectivity index (χ2v) is 6.40. The lowest BCUT2D eigenvalue weighted by Gasteiger charge is -2.12. The fourth-order valence-electron chi connectivity index (χ4n) is 2.78. The van der Waals surface area contributed by atoms with Crippen molar-refractivity contribution in [1.29, 1.82) is 0 Å². The Hall–Kier alpha value is -3.74. The number of anilines is 3. The molecule has 0 fully saturated rings. The molecule has 29 heavy (non-hydrogen) atoms. The van der Waals surface area contributed by atoms with Crippen molar-refractivity contribution in [2.45, 2.75) is 20.8 Å². The highest BCUT2D eigenvalue weighted by Gasteiger charge is 2.15. The van der Waals surface area contributed by atoms with E-state index in [1.807, 2.05) is 31.2 Å². The minimum absolute atomic E-state index is 0.218. The van der Waals surface area contributed by atoms with E-state index in [-0.39, 0.29) is 18.2 Å². The fourth-order valence-corrected chi connectivity index (χ4v) is 2.78. The predicted octanol–water partition coefficient (Wildman–Crippen LogP) is 4.27. The summed E-state index contributed by atoms with van der Waals surface area (Å²) in [5.41, 5.74) is 2.87. The Labute approximate surface area is 169 Å². The first-order valence-electron chi connectivity index (χ1n) is 9.23. The Bertz CT molecular complexity index is 1050. The normalized spacial score (nSPS) is 10.3. The van der Waals surface area contributed by atoms with E-state index in [0.29, 0.717) is 28.6 Å². The number of aryl methyl sites for hydroxylation is 2. The van der Waals surface area contributed by atoms with E-state index >= 15 is 0 Å². The van der Waals surface area contributed by atoms with Crippen LogP contribution in [-0.2, 0) is 4.74 Å². The van der Waals surface area contributed by atoms with Crippen LogP contribution in [0, 0.1) is 13.8 Å². The number of amides is 1. The van der Waals surface area contributed by atoms with Crippen molar-refractivity contribution in [3.63, 3.8) is 0 Å². The van der Waals surface area contributed by atoms with Crippen molar-refractivity contribution in [2.24, 2.45) is 0 Å². The fraction of sp³-hybridized carbons (Fsp3) is 0.182. The number of benzene rings is 2. The summed E-state index contributed by atoms with van der Waals surface area (Å²) >= 11 is 0. The summed E-state index contributed by atoms with van der Waals surface area (Å²) in [6.07, 6.45) is 0. The molecule has 1 amide bonds. The topological polar surface area (TPSA) is 93.2 Å². The number of nitrogens with zero attached hydrogens (tertiary/aromatic N) is 2. The van der Waals surface area contributed by atoms with Gasteiger partial charge in [0.2, 0.25) is 0 Å². The summed E-state index contributed by atoms with van der Waals surface area (Å²) in [6.45, 7) is 5.68. The van der Waals surface area contributed by atoms with Gasteiger partial charge in [-0.3, -0.25) is 4.79 Å². The summed E-state index contributed by atoms with van der Waals surface area (Å²) in [4.78, 5) is 33.4. The SMILES string of the molecule is CCOC(=O)c1ccccc1Nc1cc(C(=O)Nc2cccc(C)c2)nc(C)n1. The molecule has 1 aromatic heterocycles. The summed E-state index contributed by atoms with van der Waals surface area (Å²) in [5, 5.41) is 5.92. The quantitative estimate of drug-likeness (QED) is 0.611. The molecule has 2 N–H and O–H groups in total. The van der Waals surface area contributed by atoms with E-state index < -0.39 is 5.97 Å². The van der Waals surface area contributed by atoms with Crippen LogP contribution in [0.25, 0.3) is 0 Å². The molecule has 0 bridgehead atoms. The van der Waals surface area contributed by atoms with Gasteiger partial charge >= 0.3 is 5.97 Å².